The minimum atomic E-state index is -2.61. The van der Waals surface area contributed by atoms with E-state index in [1.165, 1.54) is 0 Å². The molecule has 0 rings (SSSR count). The molecule has 62 valence electrons. The van der Waals surface area contributed by atoms with Crippen LogP contribution in [0.15, 0.2) is 0 Å². The Hall–Kier alpha value is 0.150. The second kappa shape index (κ2) is 2.65. The first kappa shape index (κ1) is 10.2. The molecule has 0 spiro atoms. The fourth-order valence-electron chi connectivity index (χ4n) is 0.600. The van der Waals surface area contributed by atoms with Gasteiger partial charge in [0.1, 0.15) is 0 Å². The Morgan fingerprint density at radius 1 is 1.30 bits per heavy atom. The Bertz CT molecular complexity index is 160. The summed E-state index contributed by atoms with van der Waals surface area (Å²) in [5, 5.41) is -0.323. The molecule has 3 nitrogen and oxygen atoms in total. The average molecular weight is 164 g/mol. The summed E-state index contributed by atoms with van der Waals surface area (Å²) in [5.74, 6) is 0. The normalized spacial score (nSPS) is 19.1. The predicted octanol–water partition coefficient (Wildman–Crippen LogP) is 1.50. The Balaban J connectivity index is 4.59. The second-order valence-corrected chi connectivity index (χ2v) is 7.03. The van der Waals surface area contributed by atoms with Crippen LogP contribution in [-0.4, -0.2) is 23.9 Å². The second-order valence-electron chi connectivity index (χ2n) is 3.64. The summed E-state index contributed by atoms with van der Waals surface area (Å²) < 4.78 is 13.2. The molecule has 2 N–H and O–H groups in total. The molecule has 0 aliphatic carbocycles. The quantitative estimate of drug-likeness (QED) is 0.597. The monoisotopic (exact) mass is 164 g/mol. The number of nitrogens with zero attached hydrogens (tertiary/aromatic N) is 1. The third-order valence-corrected chi connectivity index (χ3v) is 4.67. The Labute approximate surface area is 63.1 Å². The lowest BCUT2D eigenvalue weighted by atomic mass is 10.3. The highest BCUT2D eigenvalue weighted by molar-refractivity contribution is 7.60. The average Bonchev–Trinajstić information content (AvgIpc) is 1.62. The van der Waals surface area contributed by atoms with E-state index in [1.54, 1.807) is 18.8 Å². The van der Waals surface area contributed by atoms with Crippen molar-refractivity contribution in [1.29, 1.82) is 0 Å². The van der Waals surface area contributed by atoms with Gasteiger partial charge in [0.05, 0.1) is 0 Å². The van der Waals surface area contributed by atoms with Crippen LogP contribution < -0.4 is 5.50 Å². The molecule has 0 aliphatic heterocycles. The van der Waals surface area contributed by atoms with E-state index in [0.29, 0.717) is 0 Å². The zero-order valence-corrected chi connectivity index (χ0v) is 8.27. The molecule has 0 fully saturated rings. The van der Waals surface area contributed by atoms with Gasteiger partial charge in [0.15, 0.2) is 0 Å². The number of hydrogen-bond donors (Lipinski definition) is 1. The first-order chi connectivity index (χ1) is 4.19. The fourth-order valence-corrected chi connectivity index (χ4v) is 1.80. The van der Waals surface area contributed by atoms with Gasteiger partial charge in [0.2, 0.25) is 7.44 Å². The molecule has 0 amide bonds. The van der Waals surface area contributed by atoms with Crippen LogP contribution in [0.3, 0.4) is 0 Å². The van der Waals surface area contributed by atoms with Gasteiger partial charge in [-0.1, -0.05) is 20.8 Å². The van der Waals surface area contributed by atoms with Crippen LogP contribution in [0.5, 0.6) is 0 Å². The molecule has 10 heavy (non-hydrogen) atoms. The molecule has 1 unspecified atom stereocenters. The van der Waals surface area contributed by atoms with E-state index in [9.17, 15) is 4.57 Å². The van der Waals surface area contributed by atoms with Crippen LogP contribution in [0.25, 0.3) is 0 Å². The van der Waals surface area contributed by atoms with Crippen molar-refractivity contribution >= 4 is 7.44 Å². The van der Waals surface area contributed by atoms with Crippen molar-refractivity contribution in [3.8, 4) is 0 Å². The third-order valence-electron chi connectivity index (χ3n) is 1.56. The molecule has 0 aromatic carbocycles. The highest BCUT2D eigenvalue weighted by Gasteiger charge is 2.34. The summed E-state index contributed by atoms with van der Waals surface area (Å²) >= 11 is 0. The predicted molar refractivity (Wildman–Crippen MR) is 45.2 cm³/mol. The van der Waals surface area contributed by atoms with Gasteiger partial charge in [-0.3, -0.25) is 10.1 Å². The van der Waals surface area contributed by atoms with E-state index in [4.69, 9.17) is 5.50 Å². The number of rotatable bonds is 1. The third kappa shape index (κ3) is 1.82. The van der Waals surface area contributed by atoms with Crippen LogP contribution >= 0.6 is 7.44 Å². The van der Waals surface area contributed by atoms with Gasteiger partial charge in [-0.05, 0) is 14.1 Å². The van der Waals surface area contributed by atoms with Crippen molar-refractivity contribution in [2.75, 3.05) is 14.1 Å². The first-order valence-electron chi connectivity index (χ1n) is 3.26. The lowest BCUT2D eigenvalue weighted by Gasteiger charge is -2.32. The molecule has 0 aliphatic rings. The van der Waals surface area contributed by atoms with Gasteiger partial charge < -0.3 is 0 Å². The zero-order chi connectivity index (χ0) is 8.58. The summed E-state index contributed by atoms with van der Waals surface area (Å²) in [4.78, 5) is 0. The van der Waals surface area contributed by atoms with Gasteiger partial charge in [0.25, 0.3) is 0 Å². The molecular formula is C6H17N2OP. The maximum atomic E-state index is 11.6. The molecule has 0 saturated carbocycles. The minimum Gasteiger partial charge on any atom is -0.289 e. The van der Waals surface area contributed by atoms with E-state index in [-0.39, 0.29) is 5.16 Å². The number of hydrogen-bond acceptors (Lipinski definition) is 1. The standard InChI is InChI=1S/C6H17N2OP/c1-6(2,3)10(7,9)8(4)5/h1-5H3,(H2,7,9). The molecule has 0 aromatic heterocycles. The number of nitrogens with two attached hydrogens (primary N) is 1. The SMILES string of the molecule is CN(C)P(N)(=O)C(C)(C)C. The van der Waals surface area contributed by atoms with Crippen molar-refractivity contribution in [3.63, 3.8) is 0 Å². The molecule has 0 bridgehead atoms. The zero-order valence-electron chi connectivity index (χ0n) is 7.38. The summed E-state index contributed by atoms with van der Waals surface area (Å²) in [6.07, 6.45) is 0. The van der Waals surface area contributed by atoms with Gasteiger partial charge in [-0.2, -0.15) is 0 Å². The smallest absolute Gasteiger partial charge is 0.215 e. The largest absolute Gasteiger partial charge is 0.289 e. The summed E-state index contributed by atoms with van der Waals surface area (Å²) in [6.45, 7) is 5.65. The van der Waals surface area contributed by atoms with Crippen LogP contribution in [0.2, 0.25) is 0 Å². The van der Waals surface area contributed by atoms with Gasteiger partial charge >= 0.3 is 0 Å². The summed E-state index contributed by atoms with van der Waals surface area (Å²) in [7, 11) is 0.869. The van der Waals surface area contributed by atoms with Gasteiger partial charge in [0, 0.05) is 5.16 Å². The molecular weight excluding hydrogens is 147 g/mol. The highest BCUT2D eigenvalue weighted by atomic mass is 31.2. The molecule has 0 heterocycles. The van der Waals surface area contributed by atoms with Crippen molar-refractivity contribution < 1.29 is 4.57 Å². The van der Waals surface area contributed by atoms with E-state index in [0.717, 1.165) is 0 Å². The van der Waals surface area contributed by atoms with Gasteiger partial charge in [-0.25, -0.2) is 4.67 Å². The molecule has 1 atom stereocenters. The Kier molecular flexibility index (Phi) is 2.69. The van der Waals surface area contributed by atoms with Crippen molar-refractivity contribution in [2.45, 2.75) is 25.9 Å². The van der Waals surface area contributed by atoms with Crippen LogP contribution in [0.4, 0.5) is 0 Å². The summed E-state index contributed by atoms with van der Waals surface area (Å²) in [6, 6.07) is 0. The van der Waals surface area contributed by atoms with Crippen LogP contribution in [-0.2, 0) is 4.57 Å². The molecule has 0 radical (unpaired) electrons. The molecule has 0 saturated heterocycles. The van der Waals surface area contributed by atoms with E-state index < -0.39 is 7.44 Å². The lowest BCUT2D eigenvalue weighted by Crippen LogP contribution is -2.29. The molecule has 0 aromatic rings. The Morgan fingerprint density at radius 3 is 1.60 bits per heavy atom. The van der Waals surface area contributed by atoms with E-state index in [2.05, 4.69) is 0 Å². The van der Waals surface area contributed by atoms with Crippen molar-refractivity contribution in [2.24, 2.45) is 5.50 Å². The van der Waals surface area contributed by atoms with Crippen molar-refractivity contribution in [3.05, 3.63) is 0 Å². The minimum absolute atomic E-state index is 0.323. The molecule has 4 heteroatoms. The topological polar surface area (TPSA) is 46.3 Å². The first-order valence-corrected chi connectivity index (χ1v) is 4.99. The summed E-state index contributed by atoms with van der Waals surface area (Å²) in [5.41, 5.74) is 5.62. The Morgan fingerprint density at radius 2 is 1.60 bits per heavy atom. The van der Waals surface area contributed by atoms with Gasteiger partial charge in [-0.15, -0.1) is 0 Å². The van der Waals surface area contributed by atoms with Crippen LogP contribution in [0, 0.1) is 0 Å². The van der Waals surface area contributed by atoms with Crippen LogP contribution in [0.1, 0.15) is 20.8 Å². The van der Waals surface area contributed by atoms with E-state index in [1.807, 2.05) is 20.8 Å². The lowest BCUT2D eigenvalue weighted by molar-refractivity contribution is 0.484. The maximum absolute atomic E-state index is 11.6. The maximum Gasteiger partial charge on any atom is 0.215 e. The van der Waals surface area contributed by atoms with Crippen molar-refractivity contribution in [1.82, 2.24) is 4.67 Å². The highest BCUT2D eigenvalue weighted by Crippen LogP contribution is 2.51. The fraction of sp³-hybridized carbons (Fsp3) is 1.00. The van der Waals surface area contributed by atoms with E-state index >= 15 is 0 Å².